The summed E-state index contributed by atoms with van der Waals surface area (Å²) < 4.78 is 10.5. The van der Waals surface area contributed by atoms with Gasteiger partial charge in [0.2, 0.25) is 0 Å². The fraction of sp³-hybridized carbons (Fsp3) is 0.625. The third kappa shape index (κ3) is 8.28. The summed E-state index contributed by atoms with van der Waals surface area (Å²) in [5, 5.41) is 17.8. The Balaban J connectivity index is 0.000000262. The van der Waals surface area contributed by atoms with Gasteiger partial charge in [-0.05, 0) is 0 Å². The molecule has 0 unspecified atom stereocenters. The van der Waals surface area contributed by atoms with Crippen LogP contribution in [0.15, 0.2) is 16.2 Å². The van der Waals surface area contributed by atoms with Crippen LogP contribution in [0, 0.1) is 0 Å². The fourth-order valence-corrected chi connectivity index (χ4v) is 1.11. The summed E-state index contributed by atoms with van der Waals surface area (Å²) in [4.78, 5) is 10.4. The standard InChI is InChI=1S/C4H5NOS.C4H10O4/c1-5-4(6)2-3-7-5;5-3-7-1-2-8-4-6/h2-3H,1H3;5-6H,1-4H2. The molecule has 2 N–H and O–H groups in total. The highest BCUT2D eigenvalue weighted by Crippen LogP contribution is 1.84. The van der Waals surface area contributed by atoms with E-state index < -0.39 is 0 Å². The van der Waals surface area contributed by atoms with Gasteiger partial charge in [0.05, 0.1) is 13.2 Å². The van der Waals surface area contributed by atoms with Gasteiger partial charge in [-0.3, -0.25) is 8.75 Å². The van der Waals surface area contributed by atoms with Gasteiger partial charge in [0.25, 0.3) is 5.56 Å². The zero-order valence-electron chi connectivity index (χ0n) is 8.46. The molecule has 0 amide bonds. The van der Waals surface area contributed by atoms with Crippen LogP contribution in [0.4, 0.5) is 0 Å². The van der Waals surface area contributed by atoms with Gasteiger partial charge in [0.1, 0.15) is 13.6 Å². The molecule has 0 aromatic carbocycles. The lowest BCUT2D eigenvalue weighted by molar-refractivity contribution is -0.0600. The van der Waals surface area contributed by atoms with E-state index in [1.807, 2.05) is 0 Å². The first-order valence-corrected chi connectivity index (χ1v) is 5.04. The summed E-state index contributed by atoms with van der Waals surface area (Å²) in [6, 6.07) is 1.55. The first-order chi connectivity index (χ1) is 7.22. The lowest BCUT2D eigenvalue weighted by Gasteiger charge is -1.97. The van der Waals surface area contributed by atoms with Gasteiger partial charge in [-0.1, -0.05) is 11.5 Å². The maximum Gasteiger partial charge on any atom is 0.260 e. The molecular weight excluding hydrogens is 222 g/mol. The van der Waals surface area contributed by atoms with Crippen molar-refractivity contribution >= 4 is 11.5 Å². The highest BCUT2D eigenvalue weighted by molar-refractivity contribution is 7.04. The van der Waals surface area contributed by atoms with Crippen LogP contribution >= 0.6 is 11.5 Å². The molecule has 0 atom stereocenters. The van der Waals surface area contributed by atoms with E-state index in [2.05, 4.69) is 9.47 Å². The molecule has 6 nitrogen and oxygen atoms in total. The summed E-state index contributed by atoms with van der Waals surface area (Å²) in [5.41, 5.74) is 0.0741. The molecule has 1 rings (SSSR count). The second kappa shape index (κ2) is 9.81. The lowest BCUT2D eigenvalue weighted by Crippen LogP contribution is -2.05. The molecule has 0 aliphatic rings. The topological polar surface area (TPSA) is 80.9 Å². The maximum absolute atomic E-state index is 10.4. The monoisotopic (exact) mass is 237 g/mol. The summed E-state index contributed by atoms with van der Waals surface area (Å²) in [6.45, 7) is 0.0394. The van der Waals surface area contributed by atoms with Crippen molar-refractivity contribution in [3.63, 3.8) is 0 Å². The van der Waals surface area contributed by atoms with E-state index in [1.165, 1.54) is 11.5 Å². The van der Waals surface area contributed by atoms with E-state index in [0.29, 0.717) is 13.2 Å². The average molecular weight is 237 g/mol. The number of hydrogen-bond acceptors (Lipinski definition) is 6. The SMILES string of the molecule is Cn1sccc1=O.OCOCCOCO. The molecule has 1 aromatic rings. The Labute approximate surface area is 91.5 Å². The van der Waals surface area contributed by atoms with Gasteiger partial charge < -0.3 is 19.7 Å². The third-order valence-electron chi connectivity index (χ3n) is 1.29. The molecule has 88 valence electrons. The molecule has 0 saturated heterocycles. The van der Waals surface area contributed by atoms with Crippen LogP contribution in [-0.4, -0.2) is 41.0 Å². The Hall–Kier alpha value is -0.730. The predicted molar refractivity (Wildman–Crippen MR) is 55.6 cm³/mol. The van der Waals surface area contributed by atoms with Crippen LogP contribution in [-0.2, 0) is 16.5 Å². The number of aliphatic hydroxyl groups excluding tert-OH is 2. The van der Waals surface area contributed by atoms with Crippen LogP contribution in [0.2, 0.25) is 0 Å². The molecule has 0 bridgehead atoms. The number of hydrogen-bond donors (Lipinski definition) is 2. The normalized spacial score (nSPS) is 9.53. The van der Waals surface area contributed by atoms with Gasteiger partial charge in [-0.15, -0.1) is 0 Å². The van der Waals surface area contributed by atoms with Crippen LogP contribution in [0.25, 0.3) is 0 Å². The van der Waals surface area contributed by atoms with E-state index >= 15 is 0 Å². The fourth-order valence-electron chi connectivity index (χ4n) is 0.584. The zero-order valence-corrected chi connectivity index (χ0v) is 9.27. The Kier molecular flexibility index (Phi) is 9.33. The minimum Gasteiger partial charge on any atom is -0.371 e. The highest BCUT2D eigenvalue weighted by Gasteiger charge is 1.83. The molecule has 15 heavy (non-hydrogen) atoms. The second-order valence-corrected chi connectivity index (χ2v) is 3.35. The smallest absolute Gasteiger partial charge is 0.260 e. The average Bonchev–Trinajstić information content (AvgIpc) is 2.60. The number of aliphatic hydroxyl groups is 2. The first kappa shape index (κ1) is 14.3. The Morgan fingerprint density at radius 3 is 2.07 bits per heavy atom. The van der Waals surface area contributed by atoms with Gasteiger partial charge in [0.15, 0.2) is 0 Å². The van der Waals surface area contributed by atoms with Crippen molar-refractivity contribution in [1.82, 2.24) is 3.96 Å². The molecule has 7 heteroatoms. The molecule has 1 heterocycles. The highest BCUT2D eigenvalue weighted by atomic mass is 32.1. The number of ether oxygens (including phenoxy) is 2. The number of nitrogens with zero attached hydrogens (tertiary/aromatic N) is 1. The zero-order chi connectivity index (χ0) is 11.5. The van der Waals surface area contributed by atoms with E-state index in [9.17, 15) is 4.79 Å². The number of aromatic nitrogens is 1. The van der Waals surface area contributed by atoms with E-state index in [4.69, 9.17) is 10.2 Å². The van der Waals surface area contributed by atoms with Crippen LogP contribution in [0.3, 0.4) is 0 Å². The Morgan fingerprint density at radius 2 is 1.87 bits per heavy atom. The largest absolute Gasteiger partial charge is 0.371 e. The number of rotatable bonds is 5. The van der Waals surface area contributed by atoms with Gasteiger partial charge >= 0.3 is 0 Å². The van der Waals surface area contributed by atoms with E-state index in [-0.39, 0.29) is 19.1 Å². The van der Waals surface area contributed by atoms with Crippen molar-refractivity contribution in [3.8, 4) is 0 Å². The van der Waals surface area contributed by atoms with Crippen LogP contribution in [0.1, 0.15) is 0 Å². The number of aryl methyl sites for hydroxylation is 1. The van der Waals surface area contributed by atoms with Gasteiger partial charge in [-0.2, -0.15) is 0 Å². The lowest BCUT2D eigenvalue weighted by atomic mass is 10.7. The molecule has 0 aliphatic carbocycles. The summed E-state index contributed by atoms with van der Waals surface area (Å²) in [5.74, 6) is 0. The van der Waals surface area contributed by atoms with Crippen LogP contribution in [0.5, 0.6) is 0 Å². The van der Waals surface area contributed by atoms with Crippen molar-refractivity contribution in [2.45, 2.75) is 0 Å². The van der Waals surface area contributed by atoms with Crippen molar-refractivity contribution in [1.29, 1.82) is 0 Å². The maximum atomic E-state index is 10.4. The Bertz CT molecular complexity index is 279. The Morgan fingerprint density at radius 1 is 1.33 bits per heavy atom. The minimum absolute atomic E-state index is 0.0741. The molecular formula is C8H15NO5S. The molecule has 0 radical (unpaired) electrons. The molecule has 0 fully saturated rings. The summed E-state index contributed by atoms with van der Waals surface area (Å²) in [7, 11) is 1.74. The first-order valence-electron chi connectivity index (χ1n) is 4.20. The minimum atomic E-state index is -0.297. The van der Waals surface area contributed by atoms with Crippen molar-refractivity contribution in [3.05, 3.63) is 21.8 Å². The molecule has 0 spiro atoms. The van der Waals surface area contributed by atoms with Crippen molar-refractivity contribution in [2.75, 3.05) is 26.8 Å². The van der Waals surface area contributed by atoms with E-state index in [0.717, 1.165) is 0 Å². The second-order valence-electron chi connectivity index (χ2n) is 2.32. The van der Waals surface area contributed by atoms with Crippen LogP contribution < -0.4 is 5.56 Å². The quantitative estimate of drug-likeness (QED) is 0.526. The molecule has 0 aliphatic heterocycles. The van der Waals surface area contributed by atoms with Crippen molar-refractivity contribution < 1.29 is 19.7 Å². The van der Waals surface area contributed by atoms with E-state index in [1.54, 1.807) is 22.5 Å². The molecule has 0 saturated carbocycles. The summed E-state index contributed by atoms with van der Waals surface area (Å²) >= 11 is 1.41. The predicted octanol–water partition coefficient (Wildman–Crippen LogP) is -0.634. The van der Waals surface area contributed by atoms with Crippen molar-refractivity contribution in [2.24, 2.45) is 7.05 Å². The molecule has 1 aromatic heterocycles. The van der Waals surface area contributed by atoms with Gasteiger partial charge in [-0.25, -0.2) is 0 Å². The third-order valence-corrected chi connectivity index (χ3v) is 2.05. The van der Waals surface area contributed by atoms with Gasteiger partial charge in [0, 0.05) is 18.5 Å². The summed E-state index contributed by atoms with van der Waals surface area (Å²) in [6.07, 6.45) is 0.